The number of imidazole rings is 1. The van der Waals surface area contributed by atoms with E-state index < -0.39 is 0 Å². The second kappa shape index (κ2) is 6.14. The third-order valence-electron chi connectivity index (χ3n) is 4.25. The van der Waals surface area contributed by atoms with Crippen molar-refractivity contribution in [3.63, 3.8) is 0 Å². The van der Waals surface area contributed by atoms with E-state index in [-0.39, 0.29) is 0 Å². The van der Waals surface area contributed by atoms with Crippen molar-refractivity contribution in [3.8, 4) is 0 Å². The van der Waals surface area contributed by atoms with E-state index in [9.17, 15) is 0 Å². The van der Waals surface area contributed by atoms with Crippen molar-refractivity contribution < 1.29 is 0 Å². The first-order chi connectivity index (χ1) is 9.79. The molecule has 0 amide bonds. The van der Waals surface area contributed by atoms with Crippen molar-refractivity contribution in [2.75, 3.05) is 25.0 Å². The summed E-state index contributed by atoms with van der Waals surface area (Å²) in [5.41, 5.74) is 1.29. The maximum Gasteiger partial charge on any atom is 0.195 e. The van der Waals surface area contributed by atoms with E-state index in [1.807, 2.05) is 0 Å². The predicted molar refractivity (Wildman–Crippen MR) is 85.7 cm³/mol. The minimum absolute atomic E-state index is 0.853. The van der Waals surface area contributed by atoms with Crippen LogP contribution in [0, 0.1) is 5.92 Å². The summed E-state index contributed by atoms with van der Waals surface area (Å²) in [5.74, 6) is 2.01. The van der Waals surface area contributed by atoms with Gasteiger partial charge in [0.2, 0.25) is 0 Å². The van der Waals surface area contributed by atoms with Crippen molar-refractivity contribution >= 4 is 22.1 Å². The quantitative estimate of drug-likeness (QED) is 0.888. The van der Waals surface area contributed by atoms with E-state index in [4.69, 9.17) is 4.98 Å². The zero-order valence-electron chi connectivity index (χ0n) is 12.4. The van der Waals surface area contributed by atoms with E-state index >= 15 is 0 Å². The molecule has 1 aliphatic carbocycles. The van der Waals surface area contributed by atoms with E-state index in [0.717, 1.165) is 36.3 Å². The SMILES string of the molecule is CCNCc1c(N(C)CC2CCCC2)nc2sccn12. The molecule has 1 saturated carbocycles. The average molecular weight is 292 g/mol. The zero-order valence-corrected chi connectivity index (χ0v) is 13.2. The molecule has 110 valence electrons. The normalized spacial score (nSPS) is 16.3. The fraction of sp³-hybridized carbons (Fsp3) is 0.667. The van der Waals surface area contributed by atoms with Gasteiger partial charge in [-0.2, -0.15) is 0 Å². The molecule has 2 heterocycles. The lowest BCUT2D eigenvalue weighted by atomic mass is 10.1. The number of anilines is 1. The molecule has 0 aliphatic heterocycles. The molecule has 0 aromatic carbocycles. The van der Waals surface area contributed by atoms with Gasteiger partial charge in [-0.05, 0) is 25.3 Å². The maximum absolute atomic E-state index is 4.83. The van der Waals surface area contributed by atoms with E-state index in [1.54, 1.807) is 11.3 Å². The summed E-state index contributed by atoms with van der Waals surface area (Å²) in [7, 11) is 2.19. The van der Waals surface area contributed by atoms with Gasteiger partial charge in [0.05, 0.1) is 5.69 Å². The Bertz CT molecular complexity index is 553. The highest BCUT2D eigenvalue weighted by molar-refractivity contribution is 7.15. The number of hydrogen-bond acceptors (Lipinski definition) is 4. The Hall–Kier alpha value is -1.07. The molecule has 1 fully saturated rings. The number of nitrogens with one attached hydrogen (secondary N) is 1. The molecule has 5 heteroatoms. The Labute approximate surface area is 124 Å². The highest BCUT2D eigenvalue weighted by Gasteiger charge is 2.21. The van der Waals surface area contributed by atoms with Crippen LogP contribution < -0.4 is 10.2 Å². The van der Waals surface area contributed by atoms with Crippen LogP contribution in [0.15, 0.2) is 11.6 Å². The Morgan fingerprint density at radius 1 is 1.45 bits per heavy atom. The monoisotopic (exact) mass is 292 g/mol. The van der Waals surface area contributed by atoms with Crippen LogP contribution in [-0.2, 0) is 6.54 Å². The van der Waals surface area contributed by atoms with Crippen LogP contribution in [0.1, 0.15) is 38.3 Å². The first-order valence-electron chi connectivity index (χ1n) is 7.66. The minimum atomic E-state index is 0.853. The smallest absolute Gasteiger partial charge is 0.195 e. The van der Waals surface area contributed by atoms with E-state index in [2.05, 4.69) is 40.2 Å². The van der Waals surface area contributed by atoms with Crippen molar-refractivity contribution in [1.29, 1.82) is 0 Å². The molecular weight excluding hydrogens is 268 g/mol. The van der Waals surface area contributed by atoms with Gasteiger partial charge in [0.15, 0.2) is 10.8 Å². The Morgan fingerprint density at radius 3 is 3.00 bits per heavy atom. The molecule has 0 spiro atoms. The molecule has 0 bridgehead atoms. The summed E-state index contributed by atoms with van der Waals surface area (Å²) in [4.78, 5) is 8.30. The Morgan fingerprint density at radius 2 is 2.25 bits per heavy atom. The molecule has 3 rings (SSSR count). The van der Waals surface area contributed by atoms with Gasteiger partial charge >= 0.3 is 0 Å². The predicted octanol–water partition coefficient (Wildman–Crippen LogP) is 3.13. The van der Waals surface area contributed by atoms with Crippen LogP contribution in [0.2, 0.25) is 0 Å². The summed E-state index contributed by atoms with van der Waals surface area (Å²) in [6, 6.07) is 0. The maximum atomic E-state index is 4.83. The third kappa shape index (κ3) is 2.69. The van der Waals surface area contributed by atoms with Gasteiger partial charge in [-0.25, -0.2) is 4.98 Å². The van der Waals surface area contributed by atoms with Crippen LogP contribution >= 0.6 is 11.3 Å². The lowest BCUT2D eigenvalue weighted by Crippen LogP contribution is -2.26. The average Bonchev–Trinajstić information content (AvgIpc) is 3.12. The standard InChI is InChI=1S/C15H24N4S/c1-3-16-10-13-14(17-15-19(13)8-9-20-15)18(2)11-12-6-4-5-7-12/h8-9,12,16H,3-7,10-11H2,1-2H3. The summed E-state index contributed by atoms with van der Waals surface area (Å²) < 4.78 is 2.23. The topological polar surface area (TPSA) is 32.6 Å². The summed E-state index contributed by atoms with van der Waals surface area (Å²) in [6.45, 7) is 5.17. The molecular formula is C15H24N4S. The molecule has 20 heavy (non-hydrogen) atoms. The van der Waals surface area contributed by atoms with E-state index in [1.165, 1.54) is 31.4 Å². The van der Waals surface area contributed by atoms with Crippen molar-refractivity contribution in [2.45, 2.75) is 39.2 Å². The number of nitrogens with zero attached hydrogens (tertiary/aromatic N) is 3. The lowest BCUT2D eigenvalue weighted by Gasteiger charge is -2.22. The second-order valence-corrected chi connectivity index (χ2v) is 6.62. The third-order valence-corrected chi connectivity index (χ3v) is 5.01. The highest BCUT2D eigenvalue weighted by Crippen LogP contribution is 2.29. The van der Waals surface area contributed by atoms with Gasteiger partial charge in [0.25, 0.3) is 0 Å². The number of aromatic nitrogens is 2. The summed E-state index contributed by atoms with van der Waals surface area (Å²) >= 11 is 1.71. The van der Waals surface area contributed by atoms with Crippen molar-refractivity contribution in [2.24, 2.45) is 5.92 Å². The van der Waals surface area contributed by atoms with Crippen molar-refractivity contribution in [3.05, 3.63) is 17.3 Å². The van der Waals surface area contributed by atoms with Gasteiger partial charge in [0.1, 0.15) is 0 Å². The van der Waals surface area contributed by atoms with Crippen LogP contribution in [0.3, 0.4) is 0 Å². The number of thiazole rings is 1. The largest absolute Gasteiger partial charge is 0.358 e. The summed E-state index contributed by atoms with van der Waals surface area (Å²) in [6.07, 6.45) is 7.71. The number of rotatable bonds is 6. The van der Waals surface area contributed by atoms with Crippen LogP contribution in [0.4, 0.5) is 5.82 Å². The fourth-order valence-electron chi connectivity index (χ4n) is 3.20. The second-order valence-electron chi connectivity index (χ2n) is 5.75. The Kier molecular flexibility index (Phi) is 4.27. The lowest BCUT2D eigenvalue weighted by molar-refractivity contribution is 0.544. The Balaban J connectivity index is 1.82. The number of fused-ring (bicyclic) bond motifs is 1. The number of hydrogen-bond donors (Lipinski definition) is 1. The molecule has 0 saturated heterocycles. The zero-order chi connectivity index (χ0) is 13.9. The molecule has 1 aliphatic rings. The molecule has 2 aromatic rings. The van der Waals surface area contributed by atoms with Crippen LogP contribution in [0.5, 0.6) is 0 Å². The molecule has 0 atom stereocenters. The first kappa shape index (κ1) is 13.9. The van der Waals surface area contributed by atoms with Crippen LogP contribution in [-0.4, -0.2) is 29.5 Å². The van der Waals surface area contributed by atoms with Gasteiger partial charge in [-0.3, -0.25) is 4.40 Å². The first-order valence-corrected chi connectivity index (χ1v) is 8.53. The fourth-order valence-corrected chi connectivity index (χ4v) is 3.93. The van der Waals surface area contributed by atoms with E-state index in [0.29, 0.717) is 0 Å². The van der Waals surface area contributed by atoms with Crippen molar-refractivity contribution in [1.82, 2.24) is 14.7 Å². The summed E-state index contributed by atoms with van der Waals surface area (Å²) in [5, 5.41) is 5.55. The minimum Gasteiger partial charge on any atom is -0.358 e. The van der Waals surface area contributed by atoms with Gasteiger partial charge in [-0.1, -0.05) is 19.8 Å². The van der Waals surface area contributed by atoms with Gasteiger partial charge in [-0.15, -0.1) is 11.3 Å². The van der Waals surface area contributed by atoms with Gasteiger partial charge in [0, 0.05) is 31.7 Å². The van der Waals surface area contributed by atoms with Crippen LogP contribution in [0.25, 0.3) is 4.96 Å². The molecule has 4 nitrogen and oxygen atoms in total. The molecule has 2 aromatic heterocycles. The molecule has 0 radical (unpaired) electrons. The van der Waals surface area contributed by atoms with Gasteiger partial charge < -0.3 is 10.2 Å². The molecule has 1 N–H and O–H groups in total. The molecule has 0 unspecified atom stereocenters. The highest BCUT2D eigenvalue weighted by atomic mass is 32.1.